The van der Waals surface area contributed by atoms with Crippen LogP contribution in [-0.4, -0.2) is 40.1 Å². The van der Waals surface area contributed by atoms with Gasteiger partial charge in [0.1, 0.15) is 4.21 Å². The lowest BCUT2D eigenvalue weighted by Gasteiger charge is -2.09. The van der Waals surface area contributed by atoms with E-state index in [2.05, 4.69) is 10.0 Å². The Kier molecular flexibility index (Phi) is 6.65. The van der Waals surface area contributed by atoms with E-state index in [-0.39, 0.29) is 5.25 Å². The van der Waals surface area contributed by atoms with E-state index in [1.165, 1.54) is 11.3 Å². The van der Waals surface area contributed by atoms with Gasteiger partial charge in [0.2, 0.25) is 10.0 Å². The van der Waals surface area contributed by atoms with Crippen molar-refractivity contribution in [1.82, 2.24) is 10.0 Å². The van der Waals surface area contributed by atoms with Crippen molar-refractivity contribution in [1.29, 1.82) is 0 Å². The fraction of sp³-hybridized carbons (Fsp3) is 0.636. The topological polar surface area (TPSA) is 58.2 Å². The summed E-state index contributed by atoms with van der Waals surface area (Å²) >= 11 is 2.99. The second-order valence-corrected chi connectivity index (χ2v) is 8.41. The first-order valence-electron chi connectivity index (χ1n) is 5.75. The maximum Gasteiger partial charge on any atom is 0.250 e. The highest BCUT2D eigenvalue weighted by Gasteiger charge is 2.17. The molecule has 1 unspecified atom stereocenters. The van der Waals surface area contributed by atoms with Gasteiger partial charge in [0, 0.05) is 16.7 Å². The molecular weight excluding hydrogens is 288 g/mol. The number of likely N-dealkylation sites (N-methyl/N-ethyl adjacent to an activating group) is 1. The van der Waals surface area contributed by atoms with E-state index in [1.807, 2.05) is 26.3 Å². The normalized spacial score (nSPS) is 13.7. The zero-order valence-corrected chi connectivity index (χ0v) is 13.3. The summed E-state index contributed by atoms with van der Waals surface area (Å²) in [6.07, 6.45) is 2.83. The zero-order valence-electron chi connectivity index (χ0n) is 10.9. The molecule has 1 aromatic heterocycles. The predicted molar refractivity (Wildman–Crippen MR) is 80.1 cm³/mol. The van der Waals surface area contributed by atoms with E-state index in [1.54, 1.807) is 17.8 Å². The third kappa shape index (κ3) is 4.89. The largest absolute Gasteiger partial charge is 0.319 e. The summed E-state index contributed by atoms with van der Waals surface area (Å²) in [6.45, 7) is 3.32. The van der Waals surface area contributed by atoms with E-state index in [0.29, 0.717) is 10.8 Å². The molecule has 0 bridgehead atoms. The molecule has 0 amide bonds. The van der Waals surface area contributed by atoms with Crippen LogP contribution in [0.1, 0.15) is 11.8 Å². The number of nitrogens with one attached hydrogen (secondary N) is 2. The maximum atomic E-state index is 12.0. The van der Waals surface area contributed by atoms with Crippen LogP contribution in [0.15, 0.2) is 16.3 Å². The maximum absolute atomic E-state index is 12.0. The van der Waals surface area contributed by atoms with Crippen LogP contribution in [0, 0.1) is 0 Å². The van der Waals surface area contributed by atoms with Gasteiger partial charge in [-0.2, -0.15) is 11.8 Å². The molecule has 1 heterocycles. The molecular formula is C11H20N2O2S3. The van der Waals surface area contributed by atoms with Crippen molar-refractivity contribution in [2.45, 2.75) is 22.8 Å². The minimum Gasteiger partial charge on any atom is -0.319 e. The second kappa shape index (κ2) is 7.49. The lowest BCUT2D eigenvalue weighted by Crippen LogP contribution is -2.28. The van der Waals surface area contributed by atoms with Crippen LogP contribution in [0.3, 0.4) is 0 Å². The van der Waals surface area contributed by atoms with Crippen molar-refractivity contribution in [3.05, 3.63) is 17.0 Å². The van der Waals surface area contributed by atoms with E-state index in [9.17, 15) is 8.42 Å². The zero-order chi connectivity index (χ0) is 13.6. The molecule has 0 aliphatic rings. The second-order valence-electron chi connectivity index (χ2n) is 3.97. The van der Waals surface area contributed by atoms with E-state index in [0.717, 1.165) is 17.8 Å². The number of thiophene rings is 1. The summed E-state index contributed by atoms with van der Waals surface area (Å²) in [6, 6.07) is 3.57. The fourth-order valence-electron chi connectivity index (χ4n) is 1.27. The molecule has 1 aromatic rings. The molecule has 0 aliphatic carbocycles. The van der Waals surface area contributed by atoms with Crippen molar-refractivity contribution in [3.8, 4) is 0 Å². The average molecular weight is 308 g/mol. The van der Waals surface area contributed by atoms with Gasteiger partial charge in [-0.3, -0.25) is 0 Å². The molecule has 0 spiro atoms. The van der Waals surface area contributed by atoms with E-state index >= 15 is 0 Å². The minimum absolute atomic E-state index is 0.281. The number of sulfonamides is 1. The molecule has 18 heavy (non-hydrogen) atoms. The molecule has 4 nitrogen and oxygen atoms in total. The Morgan fingerprint density at radius 1 is 1.44 bits per heavy atom. The van der Waals surface area contributed by atoms with Crippen LogP contribution >= 0.6 is 23.1 Å². The number of hydrogen-bond donors (Lipinski definition) is 2. The molecule has 0 saturated carbocycles. The van der Waals surface area contributed by atoms with Gasteiger partial charge in [0.25, 0.3) is 0 Å². The third-order valence-electron chi connectivity index (χ3n) is 2.49. The van der Waals surface area contributed by atoms with Crippen molar-refractivity contribution in [3.63, 3.8) is 0 Å². The predicted octanol–water partition coefficient (Wildman–Crippen LogP) is 1.54. The SMILES string of the molecule is CNCCc1ccc(S(=O)(=O)NCC(C)SC)s1. The van der Waals surface area contributed by atoms with Crippen LogP contribution in [0.4, 0.5) is 0 Å². The Labute approximate surface area is 118 Å². The molecule has 0 aromatic carbocycles. The van der Waals surface area contributed by atoms with Gasteiger partial charge in [0.15, 0.2) is 0 Å². The summed E-state index contributed by atoms with van der Waals surface area (Å²) in [4.78, 5) is 1.09. The van der Waals surface area contributed by atoms with Crippen molar-refractivity contribution in [2.24, 2.45) is 0 Å². The molecule has 0 aliphatic heterocycles. The highest BCUT2D eigenvalue weighted by Crippen LogP contribution is 2.21. The lowest BCUT2D eigenvalue weighted by molar-refractivity contribution is 0.583. The van der Waals surface area contributed by atoms with Crippen LogP contribution in [0.5, 0.6) is 0 Å². The Bertz CT molecular complexity index is 457. The molecule has 1 rings (SSSR count). The quantitative estimate of drug-likeness (QED) is 0.765. The standard InChI is InChI=1S/C11H20N2O2S3/c1-9(16-3)8-13-18(14,15)11-5-4-10(17-11)6-7-12-2/h4-5,9,12-13H,6-8H2,1-3H3. The Hall–Kier alpha value is -0.0800. The number of rotatable bonds is 8. The highest BCUT2D eigenvalue weighted by molar-refractivity contribution is 7.99. The Morgan fingerprint density at radius 3 is 2.78 bits per heavy atom. The molecule has 7 heteroatoms. The van der Waals surface area contributed by atoms with Crippen molar-refractivity contribution in [2.75, 3.05) is 26.4 Å². The van der Waals surface area contributed by atoms with Crippen LogP contribution < -0.4 is 10.0 Å². The molecule has 104 valence electrons. The van der Waals surface area contributed by atoms with Crippen LogP contribution in [0.2, 0.25) is 0 Å². The number of thioether (sulfide) groups is 1. The lowest BCUT2D eigenvalue weighted by atomic mass is 10.3. The highest BCUT2D eigenvalue weighted by atomic mass is 32.2. The van der Waals surface area contributed by atoms with Crippen molar-refractivity contribution >= 4 is 33.1 Å². The Balaban J connectivity index is 2.64. The summed E-state index contributed by atoms with van der Waals surface area (Å²) in [5, 5.41) is 3.33. The molecule has 1 atom stereocenters. The smallest absolute Gasteiger partial charge is 0.250 e. The van der Waals surface area contributed by atoms with Gasteiger partial charge in [0.05, 0.1) is 0 Å². The summed E-state index contributed by atoms with van der Waals surface area (Å²) in [5.41, 5.74) is 0. The fourth-order valence-corrected chi connectivity index (χ4v) is 4.15. The van der Waals surface area contributed by atoms with Gasteiger partial charge in [-0.25, -0.2) is 13.1 Å². The minimum atomic E-state index is -3.33. The molecule has 0 radical (unpaired) electrons. The number of hydrogen-bond acceptors (Lipinski definition) is 5. The molecule has 0 saturated heterocycles. The van der Waals surface area contributed by atoms with Gasteiger partial charge in [-0.1, -0.05) is 6.92 Å². The average Bonchev–Trinajstić information content (AvgIpc) is 2.83. The summed E-state index contributed by atoms with van der Waals surface area (Å²) in [7, 11) is -1.45. The van der Waals surface area contributed by atoms with E-state index in [4.69, 9.17) is 0 Å². The van der Waals surface area contributed by atoms with Crippen LogP contribution in [-0.2, 0) is 16.4 Å². The van der Waals surface area contributed by atoms with Crippen molar-refractivity contribution < 1.29 is 8.42 Å². The van der Waals surface area contributed by atoms with Gasteiger partial charge < -0.3 is 5.32 Å². The summed E-state index contributed by atoms with van der Waals surface area (Å²) < 4.78 is 27.1. The first kappa shape index (κ1) is 16.0. The van der Waals surface area contributed by atoms with Gasteiger partial charge in [-0.05, 0) is 38.4 Å². The monoisotopic (exact) mass is 308 g/mol. The van der Waals surface area contributed by atoms with E-state index < -0.39 is 10.0 Å². The first-order valence-corrected chi connectivity index (χ1v) is 9.34. The Morgan fingerprint density at radius 2 is 2.17 bits per heavy atom. The first-order chi connectivity index (χ1) is 8.49. The van der Waals surface area contributed by atoms with Gasteiger partial charge >= 0.3 is 0 Å². The summed E-state index contributed by atoms with van der Waals surface area (Å²) in [5.74, 6) is 0. The van der Waals surface area contributed by atoms with Gasteiger partial charge in [-0.15, -0.1) is 11.3 Å². The van der Waals surface area contributed by atoms with Crippen LogP contribution in [0.25, 0.3) is 0 Å². The molecule has 0 fully saturated rings. The molecule has 2 N–H and O–H groups in total. The third-order valence-corrected chi connectivity index (χ3v) is 6.52.